The molecule has 66 valence electrons. The Morgan fingerprint density at radius 2 is 2.17 bits per heavy atom. The Morgan fingerprint density at radius 1 is 1.42 bits per heavy atom. The van der Waals surface area contributed by atoms with E-state index in [2.05, 4.69) is 52.6 Å². The Labute approximate surface area is 87.1 Å². The largest absolute Gasteiger partial charge is 0.309 e. The molecule has 0 aliphatic heterocycles. The molecular weight excluding hydrogens is 263 g/mol. The van der Waals surface area contributed by atoms with Crippen molar-refractivity contribution >= 4 is 22.6 Å². The second-order valence-electron chi connectivity index (χ2n) is 3.06. The number of likely N-dealkylation sites (N-methyl/N-ethyl adjacent to an activating group) is 1. The Balaban J connectivity index is 2.52. The molecule has 0 N–H and O–H groups in total. The van der Waals surface area contributed by atoms with Gasteiger partial charge in [-0.3, -0.25) is 4.98 Å². The van der Waals surface area contributed by atoms with Gasteiger partial charge in [0.25, 0.3) is 0 Å². The minimum atomic E-state index is 1.08. The second-order valence-corrected chi connectivity index (χ2v) is 4.31. The van der Waals surface area contributed by atoms with Crippen LogP contribution >= 0.6 is 22.6 Å². The summed E-state index contributed by atoms with van der Waals surface area (Å²) in [4.78, 5) is 6.32. The average Bonchev–Trinajstić information content (AvgIpc) is 2.01. The highest BCUT2D eigenvalue weighted by Crippen LogP contribution is 2.05. The first-order valence-electron chi connectivity index (χ1n) is 3.92. The highest BCUT2D eigenvalue weighted by atomic mass is 127. The molecular formula is C9H13IN2. The molecule has 0 saturated carbocycles. The summed E-state index contributed by atoms with van der Waals surface area (Å²) in [6.07, 6.45) is 4.89. The van der Waals surface area contributed by atoms with Gasteiger partial charge in [0.2, 0.25) is 0 Å². The summed E-state index contributed by atoms with van der Waals surface area (Å²) in [5.74, 6) is 0. The van der Waals surface area contributed by atoms with Gasteiger partial charge in [-0.15, -0.1) is 0 Å². The van der Waals surface area contributed by atoms with E-state index in [9.17, 15) is 0 Å². The molecule has 0 aromatic carbocycles. The van der Waals surface area contributed by atoms with Crippen LogP contribution in [0, 0.1) is 3.57 Å². The standard InChI is InChI=1S/C9H13IN2/c1-12(2)4-3-8-5-9(10)7-11-6-8/h5-7H,3-4H2,1-2H3. The lowest BCUT2D eigenvalue weighted by Gasteiger charge is -2.08. The van der Waals surface area contributed by atoms with Gasteiger partial charge in [0.05, 0.1) is 0 Å². The molecule has 2 nitrogen and oxygen atoms in total. The molecule has 3 heteroatoms. The molecule has 0 saturated heterocycles. The molecule has 1 aromatic heterocycles. The molecule has 0 fully saturated rings. The summed E-state index contributed by atoms with van der Waals surface area (Å²) in [6, 6.07) is 2.18. The third-order valence-corrected chi connectivity index (χ3v) is 2.20. The maximum atomic E-state index is 4.14. The van der Waals surface area contributed by atoms with Crippen LogP contribution in [0.3, 0.4) is 0 Å². The van der Waals surface area contributed by atoms with Gasteiger partial charge in [-0.05, 0) is 54.7 Å². The van der Waals surface area contributed by atoms with Crippen molar-refractivity contribution in [1.82, 2.24) is 9.88 Å². The van der Waals surface area contributed by atoms with Crippen LogP contribution in [0.1, 0.15) is 5.56 Å². The van der Waals surface area contributed by atoms with Crippen LogP contribution in [0.2, 0.25) is 0 Å². The van der Waals surface area contributed by atoms with Gasteiger partial charge < -0.3 is 4.90 Å². The number of rotatable bonds is 3. The van der Waals surface area contributed by atoms with E-state index in [0.717, 1.165) is 13.0 Å². The molecule has 1 heterocycles. The van der Waals surface area contributed by atoms with Crippen LogP contribution < -0.4 is 0 Å². The molecule has 0 amide bonds. The van der Waals surface area contributed by atoms with Crippen molar-refractivity contribution in [3.63, 3.8) is 0 Å². The molecule has 12 heavy (non-hydrogen) atoms. The summed E-state index contributed by atoms with van der Waals surface area (Å²) in [5, 5.41) is 0. The average molecular weight is 276 g/mol. The fraction of sp³-hybridized carbons (Fsp3) is 0.444. The highest BCUT2D eigenvalue weighted by Gasteiger charge is 1.95. The van der Waals surface area contributed by atoms with Crippen molar-refractivity contribution in [3.8, 4) is 0 Å². The molecule has 0 aliphatic carbocycles. The Kier molecular flexibility index (Phi) is 3.94. The highest BCUT2D eigenvalue weighted by molar-refractivity contribution is 14.1. The van der Waals surface area contributed by atoms with Gasteiger partial charge in [-0.1, -0.05) is 0 Å². The summed E-state index contributed by atoms with van der Waals surface area (Å²) < 4.78 is 1.21. The van der Waals surface area contributed by atoms with Gasteiger partial charge in [-0.25, -0.2) is 0 Å². The van der Waals surface area contributed by atoms with E-state index < -0.39 is 0 Å². The fourth-order valence-electron chi connectivity index (χ4n) is 0.945. The number of pyridine rings is 1. The number of halogens is 1. The summed E-state index contributed by atoms with van der Waals surface area (Å²) in [5.41, 5.74) is 1.32. The number of aromatic nitrogens is 1. The molecule has 1 aromatic rings. The summed E-state index contributed by atoms with van der Waals surface area (Å²) >= 11 is 2.29. The zero-order valence-electron chi connectivity index (χ0n) is 7.42. The molecule has 0 spiro atoms. The van der Waals surface area contributed by atoms with Gasteiger partial charge in [0.15, 0.2) is 0 Å². The number of nitrogens with zero attached hydrogens (tertiary/aromatic N) is 2. The predicted octanol–water partition coefficient (Wildman–Crippen LogP) is 1.79. The van der Waals surface area contributed by atoms with Crippen LogP contribution in [0.4, 0.5) is 0 Å². The fourth-order valence-corrected chi connectivity index (χ4v) is 1.51. The topological polar surface area (TPSA) is 16.1 Å². The minimum Gasteiger partial charge on any atom is -0.309 e. The van der Waals surface area contributed by atoms with Crippen LogP contribution in [-0.4, -0.2) is 30.5 Å². The van der Waals surface area contributed by atoms with E-state index in [1.807, 2.05) is 12.4 Å². The van der Waals surface area contributed by atoms with E-state index >= 15 is 0 Å². The lowest BCUT2D eigenvalue weighted by Crippen LogP contribution is -2.15. The normalized spacial score (nSPS) is 10.7. The van der Waals surface area contributed by atoms with Crippen molar-refractivity contribution in [2.45, 2.75) is 6.42 Å². The second kappa shape index (κ2) is 4.77. The predicted molar refractivity (Wildman–Crippen MR) is 59.2 cm³/mol. The van der Waals surface area contributed by atoms with Crippen molar-refractivity contribution in [1.29, 1.82) is 0 Å². The lowest BCUT2D eigenvalue weighted by atomic mass is 10.2. The summed E-state index contributed by atoms with van der Waals surface area (Å²) in [7, 11) is 4.17. The monoisotopic (exact) mass is 276 g/mol. The SMILES string of the molecule is CN(C)CCc1cncc(I)c1. The molecule has 0 aliphatic rings. The lowest BCUT2D eigenvalue weighted by molar-refractivity contribution is 0.413. The first-order valence-corrected chi connectivity index (χ1v) is 5.00. The Bertz CT molecular complexity index is 248. The van der Waals surface area contributed by atoms with Gasteiger partial charge in [0, 0.05) is 22.5 Å². The van der Waals surface area contributed by atoms with Crippen molar-refractivity contribution in [3.05, 3.63) is 27.6 Å². The Hall–Kier alpha value is -0.160. The third-order valence-electron chi connectivity index (χ3n) is 1.61. The van der Waals surface area contributed by atoms with E-state index in [0.29, 0.717) is 0 Å². The van der Waals surface area contributed by atoms with Crippen molar-refractivity contribution < 1.29 is 0 Å². The maximum Gasteiger partial charge on any atom is 0.0401 e. The first kappa shape index (κ1) is 9.92. The summed E-state index contributed by atoms with van der Waals surface area (Å²) in [6.45, 7) is 1.09. The zero-order valence-corrected chi connectivity index (χ0v) is 9.58. The van der Waals surface area contributed by atoms with E-state index in [-0.39, 0.29) is 0 Å². The molecule has 1 rings (SSSR count). The molecule has 0 radical (unpaired) electrons. The van der Waals surface area contributed by atoms with Crippen molar-refractivity contribution in [2.75, 3.05) is 20.6 Å². The zero-order chi connectivity index (χ0) is 8.97. The third kappa shape index (κ3) is 3.49. The molecule has 0 bridgehead atoms. The minimum absolute atomic E-state index is 1.08. The van der Waals surface area contributed by atoms with Crippen LogP contribution in [0.5, 0.6) is 0 Å². The maximum absolute atomic E-state index is 4.14. The smallest absolute Gasteiger partial charge is 0.0401 e. The van der Waals surface area contributed by atoms with E-state index in [1.165, 1.54) is 9.13 Å². The number of hydrogen-bond donors (Lipinski definition) is 0. The van der Waals surface area contributed by atoms with Crippen LogP contribution in [-0.2, 0) is 6.42 Å². The van der Waals surface area contributed by atoms with Gasteiger partial charge in [-0.2, -0.15) is 0 Å². The first-order chi connectivity index (χ1) is 5.68. The van der Waals surface area contributed by atoms with Gasteiger partial charge in [0.1, 0.15) is 0 Å². The van der Waals surface area contributed by atoms with E-state index in [1.54, 1.807) is 0 Å². The van der Waals surface area contributed by atoms with Crippen molar-refractivity contribution in [2.24, 2.45) is 0 Å². The quantitative estimate of drug-likeness (QED) is 0.782. The molecule has 0 unspecified atom stereocenters. The van der Waals surface area contributed by atoms with Crippen LogP contribution in [0.15, 0.2) is 18.5 Å². The Morgan fingerprint density at radius 3 is 2.75 bits per heavy atom. The van der Waals surface area contributed by atoms with Crippen LogP contribution in [0.25, 0.3) is 0 Å². The molecule has 0 atom stereocenters. The number of hydrogen-bond acceptors (Lipinski definition) is 2. The van der Waals surface area contributed by atoms with E-state index in [4.69, 9.17) is 0 Å². The van der Waals surface area contributed by atoms with Gasteiger partial charge >= 0.3 is 0 Å².